The van der Waals surface area contributed by atoms with Gasteiger partial charge >= 0.3 is 0 Å². The first-order valence-corrected chi connectivity index (χ1v) is 6.46. The van der Waals surface area contributed by atoms with Gasteiger partial charge in [-0.25, -0.2) is 4.98 Å². The Morgan fingerprint density at radius 1 is 1.24 bits per heavy atom. The van der Waals surface area contributed by atoms with Crippen LogP contribution >= 0.6 is 34.8 Å². The largest absolute Gasteiger partial charge is 0.441 e. The minimum Gasteiger partial charge on any atom is -0.441 e. The van der Waals surface area contributed by atoms with Crippen LogP contribution in [0.1, 0.15) is 12.3 Å². The topological polar surface area (TPSA) is 26.0 Å². The molecule has 0 atom stereocenters. The summed E-state index contributed by atoms with van der Waals surface area (Å²) in [4.78, 5) is 4.18. The summed E-state index contributed by atoms with van der Waals surface area (Å²) >= 11 is 17.5. The van der Waals surface area contributed by atoms with E-state index < -0.39 is 0 Å². The van der Waals surface area contributed by atoms with Crippen LogP contribution in [0.2, 0.25) is 10.0 Å². The van der Waals surface area contributed by atoms with Crippen LogP contribution in [0.5, 0.6) is 0 Å². The summed E-state index contributed by atoms with van der Waals surface area (Å²) in [5, 5.41) is 1.15. The molecule has 2 nitrogen and oxygen atoms in total. The lowest BCUT2D eigenvalue weighted by atomic mass is 10.2. The average Bonchev–Trinajstić information content (AvgIpc) is 2.75. The van der Waals surface area contributed by atoms with Gasteiger partial charge in [-0.1, -0.05) is 23.2 Å². The smallest absolute Gasteiger partial charge is 0.194 e. The number of rotatable bonds is 4. The maximum absolute atomic E-state index is 6.08. The Morgan fingerprint density at radius 3 is 2.76 bits per heavy atom. The molecular formula is C12H10Cl3NO. The molecule has 0 unspecified atom stereocenters. The number of benzene rings is 1. The molecule has 0 saturated carbocycles. The van der Waals surface area contributed by atoms with Gasteiger partial charge < -0.3 is 4.42 Å². The lowest BCUT2D eigenvalue weighted by Gasteiger charge is -2.00. The number of hydrogen-bond acceptors (Lipinski definition) is 2. The molecule has 1 aromatic carbocycles. The van der Waals surface area contributed by atoms with Crippen LogP contribution in [0.3, 0.4) is 0 Å². The standard InChI is InChI=1S/C12H10Cl3NO/c13-5-1-2-12-16-7-11(17-12)9-4-3-8(14)6-10(9)15/h3-4,6-7H,1-2,5H2. The van der Waals surface area contributed by atoms with Crippen molar-refractivity contribution in [3.63, 3.8) is 0 Å². The first-order chi connectivity index (χ1) is 8.20. The number of nitrogens with zero attached hydrogens (tertiary/aromatic N) is 1. The van der Waals surface area contributed by atoms with E-state index in [4.69, 9.17) is 39.2 Å². The molecule has 0 N–H and O–H groups in total. The normalized spacial score (nSPS) is 10.8. The molecule has 0 aliphatic carbocycles. The van der Waals surface area contributed by atoms with Crippen LogP contribution in [-0.4, -0.2) is 10.9 Å². The number of alkyl halides is 1. The molecule has 1 aromatic heterocycles. The predicted octanol–water partition coefficient (Wildman–Crippen LogP) is 4.82. The fourth-order valence-corrected chi connectivity index (χ4v) is 2.09. The van der Waals surface area contributed by atoms with Crippen molar-refractivity contribution in [1.82, 2.24) is 4.98 Å². The first-order valence-electron chi connectivity index (χ1n) is 5.17. The molecule has 0 aliphatic heterocycles. The molecule has 1 heterocycles. The molecule has 0 amide bonds. The van der Waals surface area contributed by atoms with Crippen molar-refractivity contribution in [2.75, 3.05) is 5.88 Å². The molecule has 0 bridgehead atoms. The average molecular weight is 291 g/mol. The highest BCUT2D eigenvalue weighted by molar-refractivity contribution is 6.36. The summed E-state index contributed by atoms with van der Waals surface area (Å²) in [6.07, 6.45) is 3.24. The zero-order chi connectivity index (χ0) is 12.3. The van der Waals surface area contributed by atoms with Gasteiger partial charge in [-0.2, -0.15) is 0 Å². The van der Waals surface area contributed by atoms with E-state index in [1.54, 1.807) is 18.3 Å². The highest BCUT2D eigenvalue weighted by Crippen LogP contribution is 2.30. The van der Waals surface area contributed by atoms with Gasteiger partial charge in [0, 0.05) is 22.9 Å². The number of aryl methyl sites for hydroxylation is 1. The van der Waals surface area contributed by atoms with Gasteiger partial charge in [0.1, 0.15) is 0 Å². The van der Waals surface area contributed by atoms with Crippen molar-refractivity contribution in [2.45, 2.75) is 12.8 Å². The van der Waals surface area contributed by atoms with Crippen LogP contribution in [0, 0.1) is 0 Å². The van der Waals surface area contributed by atoms with E-state index in [9.17, 15) is 0 Å². The number of halogens is 3. The lowest BCUT2D eigenvalue weighted by molar-refractivity contribution is 0.503. The van der Waals surface area contributed by atoms with Crippen LogP contribution in [0.15, 0.2) is 28.8 Å². The SMILES string of the molecule is ClCCCc1ncc(-c2ccc(Cl)cc2Cl)o1. The Kier molecular flexibility index (Phi) is 4.32. The Labute approximate surface area is 115 Å². The van der Waals surface area contributed by atoms with Gasteiger partial charge in [0.2, 0.25) is 0 Å². The molecule has 5 heteroatoms. The van der Waals surface area contributed by atoms with Crippen molar-refractivity contribution in [1.29, 1.82) is 0 Å². The van der Waals surface area contributed by atoms with E-state index in [0.717, 1.165) is 18.4 Å². The molecule has 17 heavy (non-hydrogen) atoms. The molecule has 0 radical (unpaired) electrons. The third-order valence-corrected chi connectivity index (χ3v) is 3.09. The van der Waals surface area contributed by atoms with Crippen LogP contribution < -0.4 is 0 Å². The van der Waals surface area contributed by atoms with Crippen LogP contribution in [0.4, 0.5) is 0 Å². The highest BCUT2D eigenvalue weighted by atomic mass is 35.5. The van der Waals surface area contributed by atoms with E-state index in [1.807, 2.05) is 6.07 Å². The second-order valence-electron chi connectivity index (χ2n) is 3.53. The van der Waals surface area contributed by atoms with E-state index in [0.29, 0.717) is 27.6 Å². The molecule has 0 spiro atoms. The Bertz CT molecular complexity index is 510. The van der Waals surface area contributed by atoms with Gasteiger partial charge in [-0.05, 0) is 24.6 Å². The van der Waals surface area contributed by atoms with E-state index in [1.165, 1.54) is 0 Å². The van der Waals surface area contributed by atoms with Crippen molar-refractivity contribution in [2.24, 2.45) is 0 Å². The fraction of sp³-hybridized carbons (Fsp3) is 0.250. The predicted molar refractivity (Wildman–Crippen MR) is 71.0 cm³/mol. The monoisotopic (exact) mass is 289 g/mol. The maximum atomic E-state index is 6.08. The van der Waals surface area contributed by atoms with Crippen molar-refractivity contribution >= 4 is 34.8 Å². The zero-order valence-electron chi connectivity index (χ0n) is 8.92. The Balaban J connectivity index is 2.24. The minimum absolute atomic E-state index is 0.553. The summed E-state index contributed by atoms with van der Waals surface area (Å²) in [6.45, 7) is 0. The minimum atomic E-state index is 0.553. The van der Waals surface area contributed by atoms with Gasteiger partial charge in [0.05, 0.1) is 11.2 Å². The quantitative estimate of drug-likeness (QED) is 0.755. The summed E-state index contributed by atoms with van der Waals surface area (Å²) in [5.74, 6) is 1.92. The molecule has 90 valence electrons. The lowest BCUT2D eigenvalue weighted by Crippen LogP contribution is -1.84. The maximum Gasteiger partial charge on any atom is 0.194 e. The molecule has 2 aromatic rings. The van der Waals surface area contributed by atoms with Gasteiger partial charge in [0.25, 0.3) is 0 Å². The number of hydrogen-bond donors (Lipinski definition) is 0. The van der Waals surface area contributed by atoms with Crippen molar-refractivity contribution in [3.05, 3.63) is 40.3 Å². The highest BCUT2D eigenvalue weighted by Gasteiger charge is 2.10. The van der Waals surface area contributed by atoms with Crippen LogP contribution in [-0.2, 0) is 6.42 Å². The fourth-order valence-electron chi connectivity index (χ4n) is 1.46. The van der Waals surface area contributed by atoms with E-state index in [-0.39, 0.29) is 0 Å². The number of oxazole rings is 1. The molecular weight excluding hydrogens is 280 g/mol. The third kappa shape index (κ3) is 3.15. The summed E-state index contributed by atoms with van der Waals surface area (Å²) in [6, 6.07) is 5.26. The van der Waals surface area contributed by atoms with Gasteiger partial charge in [-0.15, -0.1) is 11.6 Å². The molecule has 2 rings (SSSR count). The molecule has 0 aliphatic rings. The molecule has 0 fully saturated rings. The second-order valence-corrected chi connectivity index (χ2v) is 4.76. The zero-order valence-corrected chi connectivity index (χ0v) is 11.2. The Morgan fingerprint density at radius 2 is 2.06 bits per heavy atom. The number of aromatic nitrogens is 1. The Hall–Kier alpha value is -0.700. The van der Waals surface area contributed by atoms with Crippen molar-refractivity contribution < 1.29 is 4.42 Å². The molecule has 0 saturated heterocycles. The van der Waals surface area contributed by atoms with E-state index >= 15 is 0 Å². The first kappa shape index (κ1) is 12.7. The summed E-state index contributed by atoms with van der Waals surface area (Å²) < 4.78 is 5.60. The summed E-state index contributed by atoms with van der Waals surface area (Å²) in [5.41, 5.74) is 0.792. The van der Waals surface area contributed by atoms with E-state index in [2.05, 4.69) is 4.98 Å². The van der Waals surface area contributed by atoms with Gasteiger partial charge in [-0.3, -0.25) is 0 Å². The van der Waals surface area contributed by atoms with Crippen LogP contribution in [0.25, 0.3) is 11.3 Å². The van der Waals surface area contributed by atoms with Crippen molar-refractivity contribution in [3.8, 4) is 11.3 Å². The van der Waals surface area contributed by atoms with Gasteiger partial charge in [0.15, 0.2) is 11.7 Å². The second kappa shape index (κ2) is 5.76. The third-order valence-electron chi connectivity index (χ3n) is 2.27. The summed E-state index contributed by atoms with van der Waals surface area (Å²) in [7, 11) is 0.